The third-order valence-electron chi connectivity index (χ3n) is 4.09. The molecule has 3 rings (SSSR count). The number of nitrogens with zero attached hydrogens (tertiary/aromatic N) is 1. The van der Waals surface area contributed by atoms with Crippen LogP contribution in [0, 0.1) is 0 Å². The maximum atomic E-state index is 6.16. The first-order chi connectivity index (χ1) is 8.56. The van der Waals surface area contributed by atoms with Crippen LogP contribution in [0.5, 0.6) is 0 Å². The first-order valence-corrected chi connectivity index (χ1v) is 7.55. The quantitative estimate of drug-likeness (QED) is 0.786. The van der Waals surface area contributed by atoms with Crippen molar-refractivity contribution in [2.45, 2.75) is 51.5 Å². The first-order valence-electron chi connectivity index (χ1n) is 6.76. The summed E-state index contributed by atoms with van der Waals surface area (Å²) in [6, 6.07) is 7.68. The van der Waals surface area contributed by atoms with Crippen LogP contribution >= 0.6 is 15.9 Å². The molecule has 1 saturated heterocycles. The zero-order chi connectivity index (χ0) is 12.9. The lowest BCUT2D eigenvalue weighted by atomic mass is 10.0. The van der Waals surface area contributed by atoms with Crippen LogP contribution in [0.1, 0.15) is 37.9 Å². The highest BCUT2D eigenvalue weighted by atomic mass is 79.9. The summed E-state index contributed by atoms with van der Waals surface area (Å²) in [5.74, 6) is 0. The Balaban J connectivity index is 1.99. The highest BCUT2D eigenvalue weighted by molar-refractivity contribution is 9.10. The number of rotatable bonds is 1. The summed E-state index contributed by atoms with van der Waals surface area (Å²) in [6.07, 6.45) is 1.72. The van der Waals surface area contributed by atoms with E-state index in [2.05, 4.69) is 59.8 Å². The van der Waals surface area contributed by atoms with Crippen LogP contribution in [-0.2, 0) is 11.2 Å². The average molecular weight is 310 g/mol. The van der Waals surface area contributed by atoms with Crippen LogP contribution in [0.2, 0.25) is 0 Å². The zero-order valence-corrected chi connectivity index (χ0v) is 12.8. The molecule has 3 atom stereocenters. The van der Waals surface area contributed by atoms with E-state index >= 15 is 0 Å². The fourth-order valence-corrected chi connectivity index (χ4v) is 3.78. The number of benzene rings is 1. The van der Waals surface area contributed by atoms with Gasteiger partial charge in [-0.3, -0.25) is 4.90 Å². The Morgan fingerprint density at radius 1 is 1.39 bits per heavy atom. The summed E-state index contributed by atoms with van der Waals surface area (Å²) in [5, 5.41) is 0. The molecule has 2 nitrogen and oxygen atoms in total. The lowest BCUT2D eigenvalue weighted by molar-refractivity contribution is -0.116. The Bertz CT molecular complexity index is 460. The van der Waals surface area contributed by atoms with Crippen LogP contribution in [0.25, 0.3) is 0 Å². The van der Waals surface area contributed by atoms with Crippen molar-refractivity contribution in [1.82, 2.24) is 4.90 Å². The molecular weight excluding hydrogens is 290 g/mol. The van der Waals surface area contributed by atoms with Crippen molar-refractivity contribution < 1.29 is 4.74 Å². The standard InChI is InChI=1S/C15H20BrNO/c1-9(2)17-8-10(3)18-14-7-11-6-12(16)4-5-13(11)15(14)17/h4-6,9-10,14-15H,7-8H2,1-3H3/t10-,14?,15?/m1/s1. The summed E-state index contributed by atoms with van der Waals surface area (Å²) in [5.41, 5.74) is 2.91. The summed E-state index contributed by atoms with van der Waals surface area (Å²) in [6.45, 7) is 7.79. The molecule has 1 aromatic rings. The minimum atomic E-state index is 0.334. The second-order valence-corrected chi connectivity index (χ2v) is 6.68. The third kappa shape index (κ3) is 2.02. The van der Waals surface area contributed by atoms with Gasteiger partial charge in [0.1, 0.15) is 0 Å². The molecule has 0 spiro atoms. The minimum Gasteiger partial charge on any atom is -0.372 e. The number of hydrogen-bond acceptors (Lipinski definition) is 2. The molecule has 1 fully saturated rings. The monoisotopic (exact) mass is 309 g/mol. The Morgan fingerprint density at radius 3 is 2.89 bits per heavy atom. The van der Waals surface area contributed by atoms with Crippen molar-refractivity contribution in [3.8, 4) is 0 Å². The van der Waals surface area contributed by atoms with Crippen LogP contribution in [0.4, 0.5) is 0 Å². The molecule has 0 N–H and O–H groups in total. The molecule has 1 heterocycles. The predicted molar refractivity (Wildman–Crippen MR) is 76.8 cm³/mol. The third-order valence-corrected chi connectivity index (χ3v) is 4.59. The molecule has 1 aliphatic heterocycles. The van der Waals surface area contributed by atoms with Crippen molar-refractivity contribution in [2.75, 3.05) is 6.54 Å². The number of hydrogen-bond donors (Lipinski definition) is 0. The maximum Gasteiger partial charge on any atom is 0.0816 e. The van der Waals surface area contributed by atoms with Gasteiger partial charge in [-0.2, -0.15) is 0 Å². The number of fused-ring (bicyclic) bond motifs is 3. The van der Waals surface area contributed by atoms with E-state index in [0.29, 0.717) is 24.3 Å². The second-order valence-electron chi connectivity index (χ2n) is 5.77. The number of halogens is 1. The highest BCUT2D eigenvalue weighted by Gasteiger charge is 2.42. The van der Waals surface area contributed by atoms with Crippen molar-refractivity contribution >= 4 is 15.9 Å². The van der Waals surface area contributed by atoms with Gasteiger partial charge >= 0.3 is 0 Å². The maximum absolute atomic E-state index is 6.16. The second kappa shape index (κ2) is 4.62. The molecule has 0 saturated carbocycles. The van der Waals surface area contributed by atoms with E-state index in [1.165, 1.54) is 15.6 Å². The van der Waals surface area contributed by atoms with Gasteiger partial charge in [-0.05, 0) is 44.0 Å². The van der Waals surface area contributed by atoms with Gasteiger partial charge in [0, 0.05) is 23.5 Å². The van der Waals surface area contributed by atoms with E-state index < -0.39 is 0 Å². The summed E-state index contributed by atoms with van der Waals surface area (Å²) in [4.78, 5) is 2.60. The Hall–Kier alpha value is -0.380. The van der Waals surface area contributed by atoms with Gasteiger partial charge in [0.2, 0.25) is 0 Å². The molecule has 1 aliphatic carbocycles. The van der Waals surface area contributed by atoms with Gasteiger partial charge in [0.05, 0.1) is 18.2 Å². The summed E-state index contributed by atoms with van der Waals surface area (Å²) < 4.78 is 7.33. The average Bonchev–Trinajstić information content (AvgIpc) is 2.64. The van der Waals surface area contributed by atoms with Crippen molar-refractivity contribution in [2.24, 2.45) is 0 Å². The van der Waals surface area contributed by atoms with Crippen molar-refractivity contribution in [3.05, 3.63) is 33.8 Å². The summed E-state index contributed by atoms with van der Waals surface area (Å²) >= 11 is 3.57. The molecule has 1 aromatic carbocycles. The smallest absolute Gasteiger partial charge is 0.0816 e. The zero-order valence-electron chi connectivity index (χ0n) is 11.2. The molecule has 98 valence electrons. The molecule has 2 aliphatic rings. The van der Waals surface area contributed by atoms with Gasteiger partial charge in [0.15, 0.2) is 0 Å². The van der Waals surface area contributed by atoms with Crippen LogP contribution in [-0.4, -0.2) is 29.7 Å². The van der Waals surface area contributed by atoms with E-state index in [4.69, 9.17) is 4.74 Å². The Labute approximate surface area is 117 Å². The lowest BCUT2D eigenvalue weighted by Crippen LogP contribution is -2.50. The Morgan fingerprint density at radius 2 is 2.17 bits per heavy atom. The topological polar surface area (TPSA) is 12.5 Å². The molecule has 0 radical (unpaired) electrons. The SMILES string of the molecule is CC(C)N1C[C@@H](C)OC2Cc3cc(Br)ccc3C21. The van der Waals surface area contributed by atoms with Gasteiger partial charge < -0.3 is 4.74 Å². The molecule has 0 aromatic heterocycles. The summed E-state index contributed by atoms with van der Waals surface area (Å²) in [7, 11) is 0. The van der Waals surface area contributed by atoms with Crippen LogP contribution in [0.3, 0.4) is 0 Å². The lowest BCUT2D eigenvalue weighted by Gasteiger charge is -2.43. The van der Waals surface area contributed by atoms with E-state index in [-0.39, 0.29) is 0 Å². The Kier molecular flexibility index (Phi) is 3.25. The first kappa shape index (κ1) is 12.6. The van der Waals surface area contributed by atoms with Gasteiger partial charge in [-0.25, -0.2) is 0 Å². The minimum absolute atomic E-state index is 0.334. The van der Waals surface area contributed by atoms with Gasteiger partial charge in [-0.1, -0.05) is 22.0 Å². The van der Waals surface area contributed by atoms with E-state index in [9.17, 15) is 0 Å². The molecule has 2 unspecified atom stereocenters. The van der Waals surface area contributed by atoms with E-state index in [1.807, 2.05) is 0 Å². The largest absolute Gasteiger partial charge is 0.372 e. The molecular formula is C15H20BrNO. The van der Waals surface area contributed by atoms with Gasteiger partial charge in [0.25, 0.3) is 0 Å². The molecule has 18 heavy (non-hydrogen) atoms. The van der Waals surface area contributed by atoms with E-state index in [1.54, 1.807) is 0 Å². The number of morpholine rings is 1. The predicted octanol–water partition coefficient (Wildman–Crippen LogP) is 3.54. The van der Waals surface area contributed by atoms with Crippen molar-refractivity contribution in [3.63, 3.8) is 0 Å². The fraction of sp³-hybridized carbons (Fsp3) is 0.600. The molecule has 3 heteroatoms. The van der Waals surface area contributed by atoms with Gasteiger partial charge in [-0.15, -0.1) is 0 Å². The normalized spacial score (nSPS) is 31.5. The number of ether oxygens (including phenoxy) is 1. The molecule has 0 bridgehead atoms. The fourth-order valence-electron chi connectivity index (χ4n) is 3.37. The molecule has 0 amide bonds. The van der Waals surface area contributed by atoms with Crippen LogP contribution < -0.4 is 0 Å². The van der Waals surface area contributed by atoms with Crippen molar-refractivity contribution in [1.29, 1.82) is 0 Å². The van der Waals surface area contributed by atoms with E-state index in [0.717, 1.165) is 13.0 Å². The highest BCUT2D eigenvalue weighted by Crippen LogP contribution is 2.42. The van der Waals surface area contributed by atoms with Crippen LogP contribution in [0.15, 0.2) is 22.7 Å².